The first-order valence-corrected chi connectivity index (χ1v) is 6.76. The Balaban J connectivity index is 2.51. The molecule has 0 aliphatic rings. The summed E-state index contributed by atoms with van der Waals surface area (Å²) in [5.41, 5.74) is -2.71. The van der Waals surface area contributed by atoms with E-state index in [9.17, 15) is 32.5 Å². The number of benzene rings is 2. The van der Waals surface area contributed by atoms with Gasteiger partial charge in [0, 0.05) is 0 Å². The molecule has 0 atom stereocenters. The minimum Gasteiger partial charge on any atom is -0.496 e. The normalized spacial score (nSPS) is 10.4. The summed E-state index contributed by atoms with van der Waals surface area (Å²) in [6.45, 7) is 0. The molecule has 0 aliphatic heterocycles. The standard InChI is InChI=1S/C15H10F4N2O5/c1-25-6-3-4-7(8(5-6)21(23)24)20-15(22)9-10(16)12(18)14(26-2)13(19)11(9)17/h3-5H,1-2H3,(H,20,22). The summed E-state index contributed by atoms with van der Waals surface area (Å²) in [4.78, 5) is 22.2. The van der Waals surface area contributed by atoms with Crippen LogP contribution in [0.2, 0.25) is 0 Å². The van der Waals surface area contributed by atoms with Gasteiger partial charge in [-0.2, -0.15) is 8.78 Å². The molecule has 0 fully saturated rings. The van der Waals surface area contributed by atoms with Crippen molar-refractivity contribution in [3.63, 3.8) is 0 Å². The number of amides is 1. The molecule has 0 aromatic heterocycles. The number of rotatable bonds is 5. The molecule has 7 nitrogen and oxygen atoms in total. The molecule has 138 valence electrons. The first-order valence-electron chi connectivity index (χ1n) is 6.76. The summed E-state index contributed by atoms with van der Waals surface area (Å²) < 4.78 is 64.3. The van der Waals surface area contributed by atoms with Crippen molar-refractivity contribution in [2.45, 2.75) is 0 Å². The smallest absolute Gasteiger partial charge is 0.296 e. The van der Waals surface area contributed by atoms with E-state index in [1.54, 1.807) is 0 Å². The maximum Gasteiger partial charge on any atom is 0.296 e. The molecular weight excluding hydrogens is 364 g/mol. The molecule has 1 N–H and O–H groups in total. The fraction of sp³-hybridized carbons (Fsp3) is 0.133. The number of nitro benzene ring substituents is 1. The van der Waals surface area contributed by atoms with Crippen LogP contribution >= 0.6 is 0 Å². The average molecular weight is 374 g/mol. The maximum atomic E-state index is 13.9. The number of nitro groups is 1. The van der Waals surface area contributed by atoms with Crippen molar-refractivity contribution in [2.75, 3.05) is 19.5 Å². The lowest BCUT2D eigenvalue weighted by molar-refractivity contribution is -0.384. The van der Waals surface area contributed by atoms with Crippen molar-refractivity contribution < 1.29 is 36.8 Å². The van der Waals surface area contributed by atoms with Crippen LogP contribution in [0, 0.1) is 33.4 Å². The van der Waals surface area contributed by atoms with Crippen molar-refractivity contribution in [1.82, 2.24) is 0 Å². The van der Waals surface area contributed by atoms with Crippen LogP contribution in [0.25, 0.3) is 0 Å². The number of carbonyl (C=O) groups excluding carboxylic acids is 1. The number of anilines is 1. The molecule has 11 heteroatoms. The van der Waals surface area contributed by atoms with E-state index < -0.39 is 56.8 Å². The lowest BCUT2D eigenvalue weighted by Crippen LogP contribution is -2.19. The summed E-state index contributed by atoms with van der Waals surface area (Å²) in [6.07, 6.45) is 0. The summed E-state index contributed by atoms with van der Waals surface area (Å²) in [7, 11) is 2.02. The SMILES string of the molecule is COc1ccc(NC(=O)c2c(F)c(F)c(OC)c(F)c2F)c([N+](=O)[O-])c1. The van der Waals surface area contributed by atoms with Gasteiger partial charge in [0.1, 0.15) is 17.0 Å². The third-order valence-electron chi connectivity index (χ3n) is 3.30. The van der Waals surface area contributed by atoms with Crippen LogP contribution < -0.4 is 14.8 Å². The van der Waals surface area contributed by atoms with Gasteiger partial charge in [0.25, 0.3) is 11.6 Å². The summed E-state index contributed by atoms with van der Waals surface area (Å²) in [5.74, 6) is -10.7. The lowest BCUT2D eigenvalue weighted by Gasteiger charge is -2.12. The van der Waals surface area contributed by atoms with Gasteiger partial charge in [-0.15, -0.1) is 0 Å². The fourth-order valence-electron chi connectivity index (χ4n) is 2.07. The summed E-state index contributed by atoms with van der Waals surface area (Å²) in [6, 6.07) is 3.20. The number of hydrogen-bond acceptors (Lipinski definition) is 5. The quantitative estimate of drug-likeness (QED) is 0.375. The molecule has 2 rings (SSSR count). The molecule has 0 saturated heterocycles. The zero-order valence-corrected chi connectivity index (χ0v) is 13.2. The molecule has 0 saturated carbocycles. The summed E-state index contributed by atoms with van der Waals surface area (Å²) >= 11 is 0. The molecule has 0 spiro atoms. The van der Waals surface area contributed by atoms with Crippen LogP contribution in [0.4, 0.5) is 28.9 Å². The Labute approximate surface area is 143 Å². The molecule has 0 radical (unpaired) electrons. The zero-order valence-electron chi connectivity index (χ0n) is 13.2. The van der Waals surface area contributed by atoms with Gasteiger partial charge in [-0.3, -0.25) is 14.9 Å². The van der Waals surface area contributed by atoms with Gasteiger partial charge in [0.15, 0.2) is 17.4 Å². The number of methoxy groups -OCH3 is 2. The highest BCUT2D eigenvalue weighted by molar-refractivity contribution is 6.06. The van der Waals surface area contributed by atoms with Gasteiger partial charge in [0.2, 0.25) is 11.6 Å². The van der Waals surface area contributed by atoms with Crippen molar-refractivity contribution in [3.05, 3.63) is 57.1 Å². The van der Waals surface area contributed by atoms with E-state index in [1.807, 2.05) is 5.32 Å². The van der Waals surface area contributed by atoms with E-state index >= 15 is 0 Å². The van der Waals surface area contributed by atoms with Crippen molar-refractivity contribution >= 4 is 17.3 Å². The molecule has 0 unspecified atom stereocenters. The van der Waals surface area contributed by atoms with E-state index in [4.69, 9.17) is 4.74 Å². The second-order valence-corrected chi connectivity index (χ2v) is 4.76. The number of carbonyl (C=O) groups is 1. The van der Waals surface area contributed by atoms with Crippen molar-refractivity contribution in [1.29, 1.82) is 0 Å². The predicted molar refractivity (Wildman–Crippen MR) is 80.4 cm³/mol. The Kier molecular flexibility index (Phi) is 5.29. The Morgan fingerprint density at radius 2 is 1.62 bits per heavy atom. The van der Waals surface area contributed by atoms with Gasteiger partial charge in [-0.05, 0) is 12.1 Å². The van der Waals surface area contributed by atoms with Gasteiger partial charge < -0.3 is 14.8 Å². The predicted octanol–water partition coefficient (Wildman–Crippen LogP) is 3.42. The molecular formula is C15H10F4N2O5. The minimum absolute atomic E-state index is 0.0774. The Morgan fingerprint density at radius 1 is 1.04 bits per heavy atom. The summed E-state index contributed by atoms with van der Waals surface area (Å²) in [5, 5.41) is 12.9. The van der Waals surface area contributed by atoms with Crippen LogP contribution in [-0.2, 0) is 0 Å². The first-order chi connectivity index (χ1) is 12.2. The van der Waals surface area contributed by atoms with Crippen molar-refractivity contribution in [3.8, 4) is 11.5 Å². The number of hydrogen-bond donors (Lipinski definition) is 1. The average Bonchev–Trinajstić information content (AvgIpc) is 2.61. The highest BCUT2D eigenvalue weighted by Gasteiger charge is 2.31. The van der Waals surface area contributed by atoms with E-state index in [2.05, 4.69) is 4.74 Å². The number of nitrogens with one attached hydrogen (secondary N) is 1. The second-order valence-electron chi connectivity index (χ2n) is 4.76. The molecule has 0 aliphatic carbocycles. The Hall–Kier alpha value is -3.37. The lowest BCUT2D eigenvalue weighted by atomic mass is 10.1. The van der Waals surface area contributed by atoms with E-state index in [-0.39, 0.29) is 5.75 Å². The van der Waals surface area contributed by atoms with Gasteiger partial charge in [0.05, 0.1) is 25.2 Å². The van der Waals surface area contributed by atoms with Crippen molar-refractivity contribution in [2.24, 2.45) is 0 Å². The number of ether oxygens (including phenoxy) is 2. The van der Waals surface area contributed by atoms with Crippen LogP contribution in [0.3, 0.4) is 0 Å². The Bertz CT molecular complexity index is 875. The fourth-order valence-corrected chi connectivity index (χ4v) is 2.07. The van der Waals surface area contributed by atoms with E-state index in [0.29, 0.717) is 0 Å². The molecule has 26 heavy (non-hydrogen) atoms. The topological polar surface area (TPSA) is 90.7 Å². The van der Waals surface area contributed by atoms with E-state index in [1.165, 1.54) is 13.2 Å². The Morgan fingerprint density at radius 3 is 2.08 bits per heavy atom. The third-order valence-corrected chi connectivity index (χ3v) is 3.30. The number of nitrogens with zero attached hydrogens (tertiary/aromatic N) is 1. The minimum atomic E-state index is -2.01. The van der Waals surface area contributed by atoms with Gasteiger partial charge in [-0.25, -0.2) is 8.78 Å². The van der Waals surface area contributed by atoms with Crippen LogP contribution in [0.15, 0.2) is 18.2 Å². The second kappa shape index (κ2) is 7.25. The highest BCUT2D eigenvalue weighted by atomic mass is 19.2. The number of halogens is 4. The molecule has 0 heterocycles. The monoisotopic (exact) mass is 374 g/mol. The molecule has 2 aromatic rings. The zero-order chi connectivity index (χ0) is 19.6. The first kappa shape index (κ1) is 19.0. The van der Waals surface area contributed by atoms with Crippen LogP contribution in [0.1, 0.15) is 10.4 Å². The van der Waals surface area contributed by atoms with Crippen LogP contribution in [0.5, 0.6) is 11.5 Å². The van der Waals surface area contributed by atoms with E-state index in [0.717, 1.165) is 19.2 Å². The molecule has 0 bridgehead atoms. The van der Waals surface area contributed by atoms with Crippen LogP contribution in [-0.4, -0.2) is 25.1 Å². The van der Waals surface area contributed by atoms with Gasteiger partial charge in [-0.1, -0.05) is 0 Å². The maximum absolute atomic E-state index is 13.9. The molecule has 1 amide bonds. The third kappa shape index (κ3) is 3.23. The molecule has 2 aromatic carbocycles. The highest BCUT2D eigenvalue weighted by Crippen LogP contribution is 2.32. The van der Waals surface area contributed by atoms with Gasteiger partial charge >= 0.3 is 0 Å². The largest absolute Gasteiger partial charge is 0.496 e.